The monoisotopic (exact) mass is 396 g/mol. The second-order valence-electron chi connectivity index (χ2n) is 5.33. The van der Waals surface area contributed by atoms with Gasteiger partial charge in [0.25, 0.3) is 5.91 Å². The molecule has 0 bridgehead atoms. The zero-order valence-electron chi connectivity index (χ0n) is 12.8. The molecular weight excluding hydrogens is 387 g/mol. The first-order valence-corrected chi connectivity index (χ1v) is 8.20. The van der Waals surface area contributed by atoms with Crippen molar-refractivity contribution in [2.75, 3.05) is 11.9 Å². The number of aromatic nitrogens is 1. The number of aromatic carboxylic acids is 1. The van der Waals surface area contributed by atoms with Crippen LogP contribution < -0.4 is 4.90 Å². The smallest absolute Gasteiger partial charge is 0.354 e. The second-order valence-corrected chi connectivity index (χ2v) is 6.62. The third-order valence-corrected chi connectivity index (χ3v) is 4.50. The number of carboxylic acid groups (broad SMARTS) is 1. The number of aromatic amines is 1. The van der Waals surface area contributed by atoms with Crippen molar-refractivity contribution >= 4 is 63.3 Å². The van der Waals surface area contributed by atoms with E-state index in [0.29, 0.717) is 26.5 Å². The van der Waals surface area contributed by atoms with Crippen LogP contribution in [-0.2, 0) is 0 Å². The molecule has 3 aromatic rings. The van der Waals surface area contributed by atoms with Crippen molar-refractivity contribution < 1.29 is 14.7 Å². The summed E-state index contributed by atoms with van der Waals surface area (Å²) in [4.78, 5) is 28.4. The van der Waals surface area contributed by atoms with Crippen molar-refractivity contribution in [3.8, 4) is 0 Å². The molecule has 3 rings (SSSR count). The number of carboxylic acids is 1. The summed E-state index contributed by atoms with van der Waals surface area (Å²) in [7, 11) is 1.48. The summed E-state index contributed by atoms with van der Waals surface area (Å²) in [6.45, 7) is 0. The van der Waals surface area contributed by atoms with Crippen molar-refractivity contribution in [2.45, 2.75) is 0 Å². The lowest BCUT2D eigenvalue weighted by molar-refractivity contribution is 0.0692. The number of anilines is 1. The molecule has 0 spiro atoms. The SMILES string of the molecule is CN(C(=O)c1ccc(Cl)cc1)c1c(C(=O)O)[nH]c2cc(Cl)cc(Cl)c12. The van der Waals surface area contributed by atoms with E-state index in [9.17, 15) is 14.7 Å². The van der Waals surface area contributed by atoms with Gasteiger partial charge in [0.05, 0.1) is 16.2 Å². The number of carbonyl (C=O) groups is 2. The van der Waals surface area contributed by atoms with E-state index in [1.54, 1.807) is 30.3 Å². The van der Waals surface area contributed by atoms with E-state index in [4.69, 9.17) is 34.8 Å². The third kappa shape index (κ3) is 3.18. The number of hydrogen-bond donors (Lipinski definition) is 2. The molecular formula is C17H11Cl3N2O3. The molecule has 5 nitrogen and oxygen atoms in total. The summed E-state index contributed by atoms with van der Waals surface area (Å²) in [5.74, 6) is -1.61. The number of H-pyrrole nitrogens is 1. The summed E-state index contributed by atoms with van der Waals surface area (Å²) >= 11 is 18.1. The molecule has 2 aromatic carbocycles. The highest BCUT2D eigenvalue weighted by atomic mass is 35.5. The maximum absolute atomic E-state index is 12.8. The highest BCUT2D eigenvalue weighted by Gasteiger charge is 2.26. The molecule has 2 N–H and O–H groups in total. The number of rotatable bonds is 3. The zero-order chi connectivity index (χ0) is 18.3. The molecule has 0 saturated heterocycles. The molecule has 1 aromatic heterocycles. The van der Waals surface area contributed by atoms with Crippen LogP contribution in [0, 0.1) is 0 Å². The zero-order valence-corrected chi connectivity index (χ0v) is 15.1. The summed E-state index contributed by atoms with van der Waals surface area (Å²) < 4.78 is 0. The fraction of sp³-hybridized carbons (Fsp3) is 0.0588. The minimum absolute atomic E-state index is 0.149. The largest absolute Gasteiger partial charge is 0.477 e. The molecule has 0 fully saturated rings. The Kier molecular flexibility index (Phi) is 4.64. The average Bonchev–Trinajstić information content (AvgIpc) is 2.94. The van der Waals surface area contributed by atoms with E-state index >= 15 is 0 Å². The summed E-state index contributed by atoms with van der Waals surface area (Å²) in [5, 5.41) is 11.0. The van der Waals surface area contributed by atoms with Gasteiger partial charge in [0.2, 0.25) is 0 Å². The van der Waals surface area contributed by atoms with Gasteiger partial charge in [-0.05, 0) is 36.4 Å². The van der Waals surface area contributed by atoms with Crippen LogP contribution in [0.25, 0.3) is 10.9 Å². The third-order valence-electron chi connectivity index (χ3n) is 3.73. The first-order chi connectivity index (χ1) is 11.8. The molecule has 0 aliphatic heterocycles. The molecule has 1 amide bonds. The Morgan fingerprint density at radius 3 is 2.28 bits per heavy atom. The Morgan fingerprint density at radius 1 is 1.04 bits per heavy atom. The number of nitrogens with one attached hydrogen (secondary N) is 1. The first kappa shape index (κ1) is 17.6. The van der Waals surface area contributed by atoms with Gasteiger partial charge in [-0.25, -0.2) is 4.79 Å². The predicted octanol–water partition coefficient (Wildman–Crippen LogP) is 5.10. The van der Waals surface area contributed by atoms with Crippen LogP contribution in [-0.4, -0.2) is 29.0 Å². The number of fused-ring (bicyclic) bond motifs is 1. The molecule has 0 aliphatic rings. The maximum atomic E-state index is 12.8. The molecule has 128 valence electrons. The van der Waals surface area contributed by atoms with Gasteiger partial charge < -0.3 is 15.0 Å². The Labute approximate surface area is 157 Å². The van der Waals surface area contributed by atoms with Gasteiger partial charge >= 0.3 is 5.97 Å². The quantitative estimate of drug-likeness (QED) is 0.645. The highest BCUT2D eigenvalue weighted by molar-refractivity contribution is 6.40. The van der Waals surface area contributed by atoms with Gasteiger partial charge in [0, 0.05) is 28.0 Å². The van der Waals surface area contributed by atoms with E-state index in [1.165, 1.54) is 18.0 Å². The number of hydrogen-bond acceptors (Lipinski definition) is 2. The van der Waals surface area contributed by atoms with Crippen LogP contribution in [0.1, 0.15) is 20.8 Å². The van der Waals surface area contributed by atoms with Crippen LogP contribution in [0.15, 0.2) is 36.4 Å². The lowest BCUT2D eigenvalue weighted by atomic mass is 10.1. The molecule has 0 saturated carbocycles. The predicted molar refractivity (Wildman–Crippen MR) is 99.5 cm³/mol. The van der Waals surface area contributed by atoms with Crippen LogP contribution in [0.2, 0.25) is 15.1 Å². The highest BCUT2D eigenvalue weighted by Crippen LogP contribution is 2.38. The van der Waals surface area contributed by atoms with Crippen LogP contribution in [0.5, 0.6) is 0 Å². The van der Waals surface area contributed by atoms with Gasteiger partial charge in [-0.1, -0.05) is 34.8 Å². The topological polar surface area (TPSA) is 73.4 Å². The molecule has 1 heterocycles. The van der Waals surface area contributed by atoms with Crippen LogP contribution in [0.3, 0.4) is 0 Å². The van der Waals surface area contributed by atoms with Crippen molar-refractivity contribution in [2.24, 2.45) is 0 Å². The Hall–Kier alpha value is -2.21. The van der Waals surface area contributed by atoms with Gasteiger partial charge in [0.15, 0.2) is 0 Å². The number of halogens is 3. The van der Waals surface area contributed by atoms with Gasteiger partial charge in [-0.2, -0.15) is 0 Å². The normalized spacial score (nSPS) is 10.9. The number of benzene rings is 2. The Balaban J connectivity index is 2.19. The minimum atomic E-state index is -1.21. The fourth-order valence-electron chi connectivity index (χ4n) is 2.61. The summed E-state index contributed by atoms with van der Waals surface area (Å²) in [6, 6.07) is 9.35. The summed E-state index contributed by atoms with van der Waals surface area (Å²) in [5.41, 5.74) is 0.816. The lowest BCUT2D eigenvalue weighted by Gasteiger charge is -2.18. The Morgan fingerprint density at radius 2 is 1.68 bits per heavy atom. The van der Waals surface area contributed by atoms with Crippen molar-refractivity contribution in [1.29, 1.82) is 0 Å². The van der Waals surface area contributed by atoms with Gasteiger partial charge in [0.1, 0.15) is 5.69 Å². The second kappa shape index (κ2) is 6.59. The van der Waals surface area contributed by atoms with Gasteiger partial charge in [-0.3, -0.25) is 4.79 Å². The molecule has 0 aliphatic carbocycles. The molecule has 0 radical (unpaired) electrons. The molecule has 0 atom stereocenters. The lowest BCUT2D eigenvalue weighted by Crippen LogP contribution is -2.27. The van der Waals surface area contributed by atoms with E-state index in [-0.39, 0.29) is 16.4 Å². The Bertz CT molecular complexity index is 997. The molecule has 25 heavy (non-hydrogen) atoms. The van der Waals surface area contributed by atoms with E-state index in [2.05, 4.69) is 4.98 Å². The molecule has 0 unspecified atom stereocenters. The van der Waals surface area contributed by atoms with Gasteiger partial charge in [-0.15, -0.1) is 0 Å². The number of nitrogens with zero attached hydrogens (tertiary/aromatic N) is 1. The van der Waals surface area contributed by atoms with Crippen molar-refractivity contribution in [3.05, 3.63) is 62.7 Å². The van der Waals surface area contributed by atoms with Crippen molar-refractivity contribution in [3.63, 3.8) is 0 Å². The average molecular weight is 398 g/mol. The minimum Gasteiger partial charge on any atom is -0.477 e. The van der Waals surface area contributed by atoms with E-state index < -0.39 is 11.9 Å². The number of carbonyl (C=O) groups excluding carboxylic acids is 1. The summed E-state index contributed by atoms with van der Waals surface area (Å²) in [6.07, 6.45) is 0. The van der Waals surface area contributed by atoms with E-state index in [1.807, 2.05) is 0 Å². The number of amides is 1. The maximum Gasteiger partial charge on any atom is 0.354 e. The first-order valence-electron chi connectivity index (χ1n) is 7.07. The fourth-order valence-corrected chi connectivity index (χ4v) is 3.32. The van der Waals surface area contributed by atoms with E-state index in [0.717, 1.165) is 0 Å². The van der Waals surface area contributed by atoms with Crippen molar-refractivity contribution in [1.82, 2.24) is 4.98 Å². The molecule has 8 heteroatoms. The van der Waals surface area contributed by atoms with Crippen LogP contribution >= 0.6 is 34.8 Å². The standard InChI is InChI=1S/C17H11Cl3N2O3/c1-22(16(23)8-2-4-9(18)5-3-8)15-13-11(20)6-10(19)7-12(13)21-14(15)17(24)25/h2-7,21H,1H3,(H,24,25). The van der Waals surface area contributed by atoms with Crippen LogP contribution in [0.4, 0.5) is 5.69 Å².